The molecule has 1 fully saturated rings. The van der Waals surface area contributed by atoms with Gasteiger partial charge in [0, 0.05) is 25.8 Å². The number of hydrogen-bond donors (Lipinski definition) is 2. The lowest BCUT2D eigenvalue weighted by Gasteiger charge is -2.22. The molecule has 0 unspecified atom stereocenters. The number of rotatable bonds is 6. The van der Waals surface area contributed by atoms with Crippen molar-refractivity contribution in [2.24, 2.45) is 5.92 Å². The molecule has 4 heterocycles. The van der Waals surface area contributed by atoms with Gasteiger partial charge in [-0.2, -0.15) is 8.78 Å². The maximum Gasteiger partial charge on any atom is 0.388 e. The molecule has 1 saturated heterocycles. The molecular formula is C16H19F2N7O2. The molecule has 0 bridgehead atoms. The van der Waals surface area contributed by atoms with Gasteiger partial charge in [-0.25, -0.2) is 15.0 Å². The van der Waals surface area contributed by atoms with E-state index in [0.717, 1.165) is 38.4 Å². The molecule has 2 N–H and O–H groups in total. The molecule has 3 aromatic rings. The van der Waals surface area contributed by atoms with E-state index in [0.29, 0.717) is 28.8 Å². The highest BCUT2D eigenvalue weighted by atomic mass is 19.3. The monoisotopic (exact) mass is 379 g/mol. The van der Waals surface area contributed by atoms with Gasteiger partial charge in [0.25, 0.3) is 0 Å². The first-order valence-electron chi connectivity index (χ1n) is 8.63. The summed E-state index contributed by atoms with van der Waals surface area (Å²) < 4.78 is 36.2. The van der Waals surface area contributed by atoms with E-state index in [9.17, 15) is 8.78 Å². The molecule has 0 amide bonds. The SMILES string of the molecule is Cc1nc2ncc(Nc3cc(OC(F)F)n[nH]3)nc2n1CC1CCOCC1. The van der Waals surface area contributed by atoms with E-state index in [4.69, 9.17) is 4.74 Å². The molecule has 1 aliphatic rings. The fraction of sp³-hybridized carbons (Fsp3) is 0.500. The number of aromatic amines is 1. The predicted octanol–water partition coefficient (Wildman–Crippen LogP) is 2.63. The van der Waals surface area contributed by atoms with Gasteiger partial charge in [-0.3, -0.25) is 5.10 Å². The molecule has 0 radical (unpaired) electrons. The van der Waals surface area contributed by atoms with Crippen LogP contribution in [0.25, 0.3) is 11.3 Å². The zero-order valence-electron chi connectivity index (χ0n) is 14.7. The number of halogens is 2. The van der Waals surface area contributed by atoms with E-state index in [1.54, 1.807) is 0 Å². The summed E-state index contributed by atoms with van der Waals surface area (Å²) >= 11 is 0. The quantitative estimate of drug-likeness (QED) is 0.679. The molecule has 0 saturated carbocycles. The van der Waals surface area contributed by atoms with Gasteiger partial charge in [0.05, 0.1) is 6.20 Å². The lowest BCUT2D eigenvalue weighted by Crippen LogP contribution is -2.21. The summed E-state index contributed by atoms with van der Waals surface area (Å²) in [7, 11) is 0. The maximum absolute atomic E-state index is 12.2. The van der Waals surface area contributed by atoms with Crippen LogP contribution in [-0.4, -0.2) is 49.5 Å². The molecule has 0 spiro atoms. The molecule has 0 atom stereocenters. The molecule has 144 valence electrons. The van der Waals surface area contributed by atoms with Crippen molar-refractivity contribution in [2.45, 2.75) is 32.9 Å². The second-order valence-electron chi connectivity index (χ2n) is 6.35. The highest BCUT2D eigenvalue weighted by molar-refractivity contribution is 5.69. The lowest BCUT2D eigenvalue weighted by atomic mass is 10.0. The van der Waals surface area contributed by atoms with Crippen LogP contribution in [0.1, 0.15) is 18.7 Å². The van der Waals surface area contributed by atoms with Crippen molar-refractivity contribution in [3.63, 3.8) is 0 Å². The summed E-state index contributed by atoms with van der Waals surface area (Å²) in [6.45, 7) is 1.36. The number of H-pyrrole nitrogens is 1. The van der Waals surface area contributed by atoms with Gasteiger partial charge in [-0.15, -0.1) is 5.10 Å². The Morgan fingerprint density at radius 3 is 2.96 bits per heavy atom. The third-order valence-corrected chi connectivity index (χ3v) is 4.46. The van der Waals surface area contributed by atoms with Crippen molar-refractivity contribution < 1.29 is 18.3 Å². The Kier molecular flexibility index (Phi) is 4.84. The third kappa shape index (κ3) is 3.97. The Bertz CT molecular complexity index is 921. The van der Waals surface area contributed by atoms with Crippen molar-refractivity contribution >= 4 is 22.9 Å². The minimum absolute atomic E-state index is 0.207. The van der Waals surface area contributed by atoms with Crippen LogP contribution >= 0.6 is 0 Å². The number of nitrogens with one attached hydrogen (secondary N) is 2. The van der Waals surface area contributed by atoms with Gasteiger partial charge in [-0.1, -0.05) is 0 Å². The van der Waals surface area contributed by atoms with E-state index in [1.165, 1.54) is 12.3 Å². The number of aromatic nitrogens is 6. The summed E-state index contributed by atoms with van der Waals surface area (Å²) in [5, 5.41) is 9.17. The molecule has 0 aromatic carbocycles. The Morgan fingerprint density at radius 1 is 1.37 bits per heavy atom. The average Bonchev–Trinajstić information content (AvgIpc) is 3.20. The fourth-order valence-electron chi connectivity index (χ4n) is 3.12. The topological polar surface area (TPSA) is 103 Å². The zero-order chi connectivity index (χ0) is 18.8. The highest BCUT2D eigenvalue weighted by Gasteiger charge is 2.19. The van der Waals surface area contributed by atoms with Gasteiger partial charge in [-0.05, 0) is 25.7 Å². The molecule has 11 heteroatoms. The lowest BCUT2D eigenvalue weighted by molar-refractivity contribution is -0.0528. The normalized spacial score (nSPS) is 15.6. The maximum atomic E-state index is 12.2. The number of ether oxygens (including phenoxy) is 2. The number of alkyl halides is 2. The zero-order valence-corrected chi connectivity index (χ0v) is 14.7. The molecule has 4 rings (SSSR count). The van der Waals surface area contributed by atoms with Gasteiger partial charge < -0.3 is 19.4 Å². The van der Waals surface area contributed by atoms with Gasteiger partial charge in [0.2, 0.25) is 5.88 Å². The number of fused-ring (bicyclic) bond motifs is 1. The highest BCUT2D eigenvalue weighted by Crippen LogP contribution is 2.23. The number of hydrogen-bond acceptors (Lipinski definition) is 7. The summed E-state index contributed by atoms with van der Waals surface area (Å²) in [4.78, 5) is 13.4. The van der Waals surface area contributed by atoms with Gasteiger partial charge in [0.15, 0.2) is 17.1 Å². The van der Waals surface area contributed by atoms with E-state index >= 15 is 0 Å². The first kappa shape index (κ1) is 17.6. The van der Waals surface area contributed by atoms with Crippen LogP contribution in [0.4, 0.5) is 20.4 Å². The van der Waals surface area contributed by atoms with E-state index in [2.05, 4.69) is 39.8 Å². The predicted molar refractivity (Wildman–Crippen MR) is 92.1 cm³/mol. The van der Waals surface area contributed by atoms with Crippen LogP contribution in [-0.2, 0) is 11.3 Å². The number of aryl methyl sites for hydroxylation is 1. The van der Waals surface area contributed by atoms with Crippen LogP contribution in [0, 0.1) is 12.8 Å². The van der Waals surface area contributed by atoms with Crippen molar-refractivity contribution in [1.82, 2.24) is 29.7 Å². The van der Waals surface area contributed by atoms with Crippen LogP contribution in [0.2, 0.25) is 0 Å². The Morgan fingerprint density at radius 2 is 2.19 bits per heavy atom. The summed E-state index contributed by atoms with van der Waals surface area (Å²) in [5.74, 6) is 1.97. The molecular weight excluding hydrogens is 360 g/mol. The van der Waals surface area contributed by atoms with Crippen LogP contribution in [0.5, 0.6) is 5.88 Å². The number of anilines is 2. The second kappa shape index (κ2) is 7.43. The summed E-state index contributed by atoms with van der Waals surface area (Å²) in [6, 6.07) is 1.32. The minimum Gasteiger partial charge on any atom is -0.415 e. The molecule has 1 aliphatic heterocycles. The van der Waals surface area contributed by atoms with Crippen LogP contribution in [0.3, 0.4) is 0 Å². The summed E-state index contributed by atoms with van der Waals surface area (Å²) in [6.07, 6.45) is 3.54. The first-order valence-corrected chi connectivity index (χ1v) is 8.63. The number of nitrogens with zero attached hydrogens (tertiary/aromatic N) is 5. The van der Waals surface area contributed by atoms with Crippen molar-refractivity contribution in [3.8, 4) is 5.88 Å². The Balaban J connectivity index is 1.55. The van der Waals surface area contributed by atoms with Gasteiger partial charge >= 0.3 is 6.61 Å². The van der Waals surface area contributed by atoms with Crippen LogP contribution < -0.4 is 10.1 Å². The Labute approximate surface area is 153 Å². The van der Waals surface area contributed by atoms with E-state index in [-0.39, 0.29) is 5.88 Å². The minimum atomic E-state index is -2.93. The van der Waals surface area contributed by atoms with Crippen molar-refractivity contribution in [2.75, 3.05) is 18.5 Å². The number of imidazole rings is 1. The molecule has 3 aromatic heterocycles. The largest absolute Gasteiger partial charge is 0.415 e. The smallest absolute Gasteiger partial charge is 0.388 e. The van der Waals surface area contributed by atoms with Gasteiger partial charge in [0.1, 0.15) is 11.6 Å². The summed E-state index contributed by atoms with van der Waals surface area (Å²) in [5.41, 5.74) is 1.24. The van der Waals surface area contributed by atoms with E-state index in [1.807, 2.05) is 6.92 Å². The van der Waals surface area contributed by atoms with Crippen molar-refractivity contribution in [3.05, 3.63) is 18.1 Å². The molecule has 9 nitrogen and oxygen atoms in total. The van der Waals surface area contributed by atoms with Crippen molar-refractivity contribution in [1.29, 1.82) is 0 Å². The first-order chi connectivity index (χ1) is 13.1. The standard InChI is InChI=1S/C16H19F2N7O2/c1-9-20-14-15(25(9)8-10-2-4-26-5-3-10)22-12(7-19-14)21-11-6-13(24-23-11)27-16(17)18/h6-7,10,16H,2-5,8H2,1H3,(H2,21,22,23,24). The van der Waals surface area contributed by atoms with E-state index < -0.39 is 6.61 Å². The van der Waals surface area contributed by atoms with Crippen LogP contribution in [0.15, 0.2) is 12.3 Å². The molecule has 27 heavy (non-hydrogen) atoms. The average molecular weight is 379 g/mol. The fourth-order valence-corrected chi connectivity index (χ4v) is 3.12. The Hall–Kier alpha value is -2.82. The second-order valence-corrected chi connectivity index (χ2v) is 6.35. The third-order valence-electron chi connectivity index (χ3n) is 4.46. The molecule has 0 aliphatic carbocycles.